The van der Waals surface area contributed by atoms with Crippen LogP contribution in [0.1, 0.15) is 37.3 Å². The molecule has 1 unspecified atom stereocenters. The standard InChI is InChI=1S/C13H18O2/c1-4-11-12(10(2)8-9-14)6-5-7-13(11)15-3/h5-7,9-10H,4,8H2,1-3H3. The zero-order valence-corrected chi connectivity index (χ0v) is 9.62. The molecule has 0 aliphatic rings. The molecule has 0 heterocycles. The Hall–Kier alpha value is -1.31. The van der Waals surface area contributed by atoms with Gasteiger partial charge < -0.3 is 9.53 Å². The minimum Gasteiger partial charge on any atom is -0.496 e. The molecule has 2 nitrogen and oxygen atoms in total. The highest BCUT2D eigenvalue weighted by atomic mass is 16.5. The number of hydrogen-bond donors (Lipinski definition) is 0. The van der Waals surface area contributed by atoms with E-state index in [1.807, 2.05) is 12.1 Å². The molecule has 2 heteroatoms. The summed E-state index contributed by atoms with van der Waals surface area (Å²) in [5.74, 6) is 1.19. The van der Waals surface area contributed by atoms with Gasteiger partial charge in [-0.2, -0.15) is 0 Å². The second kappa shape index (κ2) is 5.54. The molecule has 0 aromatic heterocycles. The molecule has 0 spiro atoms. The molecule has 0 aliphatic carbocycles. The monoisotopic (exact) mass is 206 g/mol. The Morgan fingerprint density at radius 3 is 2.73 bits per heavy atom. The third kappa shape index (κ3) is 2.58. The van der Waals surface area contributed by atoms with E-state index in [2.05, 4.69) is 19.9 Å². The number of hydrogen-bond acceptors (Lipinski definition) is 2. The molecule has 1 rings (SSSR count). The first-order chi connectivity index (χ1) is 7.24. The van der Waals surface area contributed by atoms with Crippen molar-refractivity contribution < 1.29 is 9.53 Å². The second-order valence-electron chi connectivity index (χ2n) is 3.69. The van der Waals surface area contributed by atoms with Crippen molar-refractivity contribution in [3.8, 4) is 5.75 Å². The molecule has 0 saturated heterocycles. The first-order valence-corrected chi connectivity index (χ1v) is 5.34. The maximum Gasteiger partial charge on any atom is 0.122 e. The predicted octanol–water partition coefficient (Wildman–Crippen LogP) is 2.95. The average Bonchev–Trinajstić information content (AvgIpc) is 2.28. The minimum absolute atomic E-state index is 0.271. The van der Waals surface area contributed by atoms with Gasteiger partial charge in [0.15, 0.2) is 0 Å². The molecule has 1 aromatic rings. The summed E-state index contributed by atoms with van der Waals surface area (Å²) in [6.45, 7) is 4.18. The van der Waals surface area contributed by atoms with Crippen LogP contribution in [0.5, 0.6) is 5.75 Å². The number of carbonyl (C=O) groups excluding carboxylic acids is 1. The van der Waals surface area contributed by atoms with Gasteiger partial charge in [-0.1, -0.05) is 26.0 Å². The highest BCUT2D eigenvalue weighted by molar-refractivity contribution is 5.53. The van der Waals surface area contributed by atoms with Crippen molar-refractivity contribution in [2.75, 3.05) is 7.11 Å². The second-order valence-corrected chi connectivity index (χ2v) is 3.69. The normalized spacial score (nSPS) is 12.2. The van der Waals surface area contributed by atoms with Gasteiger partial charge in [0.25, 0.3) is 0 Å². The van der Waals surface area contributed by atoms with Gasteiger partial charge in [-0.25, -0.2) is 0 Å². The molecule has 0 N–H and O–H groups in total. The van der Waals surface area contributed by atoms with Crippen LogP contribution in [0, 0.1) is 0 Å². The van der Waals surface area contributed by atoms with Crippen molar-refractivity contribution in [3.05, 3.63) is 29.3 Å². The van der Waals surface area contributed by atoms with E-state index >= 15 is 0 Å². The summed E-state index contributed by atoms with van der Waals surface area (Å²) < 4.78 is 5.32. The third-order valence-corrected chi connectivity index (χ3v) is 2.72. The molecule has 0 bridgehead atoms. The topological polar surface area (TPSA) is 26.3 Å². The van der Waals surface area contributed by atoms with Crippen molar-refractivity contribution in [3.63, 3.8) is 0 Å². The number of aldehydes is 1. The Morgan fingerprint density at radius 1 is 1.47 bits per heavy atom. The highest BCUT2D eigenvalue weighted by Crippen LogP contribution is 2.29. The molecule has 15 heavy (non-hydrogen) atoms. The van der Waals surface area contributed by atoms with Gasteiger partial charge in [-0.3, -0.25) is 0 Å². The number of methoxy groups -OCH3 is 1. The van der Waals surface area contributed by atoms with E-state index in [-0.39, 0.29) is 5.92 Å². The van der Waals surface area contributed by atoms with Crippen LogP contribution in [0.4, 0.5) is 0 Å². The van der Waals surface area contributed by atoms with Gasteiger partial charge in [-0.05, 0) is 29.5 Å². The molecule has 1 aromatic carbocycles. The van der Waals surface area contributed by atoms with Crippen molar-refractivity contribution in [1.29, 1.82) is 0 Å². The lowest BCUT2D eigenvalue weighted by Crippen LogP contribution is -2.01. The summed E-state index contributed by atoms with van der Waals surface area (Å²) >= 11 is 0. The molecular formula is C13H18O2. The Labute approximate surface area is 91.3 Å². The summed E-state index contributed by atoms with van der Waals surface area (Å²) in [5, 5.41) is 0. The number of benzene rings is 1. The van der Waals surface area contributed by atoms with Crippen molar-refractivity contribution >= 4 is 6.29 Å². The van der Waals surface area contributed by atoms with Crippen molar-refractivity contribution in [2.24, 2.45) is 0 Å². The van der Waals surface area contributed by atoms with Crippen LogP contribution >= 0.6 is 0 Å². The van der Waals surface area contributed by atoms with Crippen molar-refractivity contribution in [2.45, 2.75) is 32.6 Å². The summed E-state index contributed by atoms with van der Waals surface area (Å²) in [7, 11) is 1.68. The van der Waals surface area contributed by atoms with Crippen molar-refractivity contribution in [1.82, 2.24) is 0 Å². The van der Waals surface area contributed by atoms with Crippen LogP contribution in [0.25, 0.3) is 0 Å². The lowest BCUT2D eigenvalue weighted by atomic mass is 9.92. The number of ether oxygens (including phenoxy) is 1. The molecule has 1 atom stereocenters. The fourth-order valence-electron chi connectivity index (χ4n) is 1.89. The van der Waals surface area contributed by atoms with E-state index in [9.17, 15) is 4.79 Å². The largest absolute Gasteiger partial charge is 0.496 e. The van der Waals surface area contributed by atoms with Gasteiger partial charge >= 0.3 is 0 Å². The van der Waals surface area contributed by atoms with Crippen LogP contribution in [-0.4, -0.2) is 13.4 Å². The molecule has 0 saturated carbocycles. The van der Waals surface area contributed by atoms with Gasteiger partial charge in [0, 0.05) is 6.42 Å². The fraction of sp³-hybridized carbons (Fsp3) is 0.462. The zero-order chi connectivity index (χ0) is 11.3. The van der Waals surface area contributed by atoms with E-state index in [4.69, 9.17) is 4.74 Å². The molecule has 82 valence electrons. The smallest absolute Gasteiger partial charge is 0.122 e. The molecule has 0 radical (unpaired) electrons. The van der Waals surface area contributed by atoms with Crippen LogP contribution in [-0.2, 0) is 11.2 Å². The van der Waals surface area contributed by atoms with E-state index in [0.29, 0.717) is 6.42 Å². The van der Waals surface area contributed by atoms with Gasteiger partial charge in [-0.15, -0.1) is 0 Å². The van der Waals surface area contributed by atoms with Crippen LogP contribution in [0.15, 0.2) is 18.2 Å². The van der Waals surface area contributed by atoms with Gasteiger partial charge in [0.05, 0.1) is 7.11 Å². The lowest BCUT2D eigenvalue weighted by Gasteiger charge is -2.16. The van der Waals surface area contributed by atoms with Gasteiger partial charge in [0.2, 0.25) is 0 Å². The Bertz CT molecular complexity index is 331. The number of carbonyl (C=O) groups is 1. The Kier molecular flexibility index (Phi) is 4.35. The lowest BCUT2D eigenvalue weighted by molar-refractivity contribution is -0.108. The molecule has 0 amide bonds. The van der Waals surface area contributed by atoms with Crippen LogP contribution < -0.4 is 4.74 Å². The van der Waals surface area contributed by atoms with Gasteiger partial charge in [0.1, 0.15) is 12.0 Å². The van der Waals surface area contributed by atoms with E-state index < -0.39 is 0 Å². The minimum atomic E-state index is 0.271. The first-order valence-electron chi connectivity index (χ1n) is 5.34. The fourth-order valence-corrected chi connectivity index (χ4v) is 1.89. The summed E-state index contributed by atoms with van der Waals surface area (Å²) in [4.78, 5) is 10.5. The predicted molar refractivity (Wildman–Crippen MR) is 61.5 cm³/mol. The SMILES string of the molecule is CCc1c(OC)cccc1C(C)CC=O. The quantitative estimate of drug-likeness (QED) is 0.692. The van der Waals surface area contributed by atoms with Crippen LogP contribution in [0.2, 0.25) is 0 Å². The summed E-state index contributed by atoms with van der Waals surface area (Å²) in [5.41, 5.74) is 2.44. The van der Waals surface area contributed by atoms with E-state index in [1.165, 1.54) is 11.1 Å². The number of rotatable bonds is 5. The summed E-state index contributed by atoms with van der Waals surface area (Å²) in [6.07, 6.45) is 2.48. The van der Waals surface area contributed by atoms with Crippen LogP contribution in [0.3, 0.4) is 0 Å². The van der Waals surface area contributed by atoms with E-state index in [0.717, 1.165) is 18.5 Å². The third-order valence-electron chi connectivity index (χ3n) is 2.72. The summed E-state index contributed by atoms with van der Waals surface area (Å²) in [6, 6.07) is 6.03. The first kappa shape index (κ1) is 11.8. The Balaban J connectivity index is 3.10. The zero-order valence-electron chi connectivity index (χ0n) is 9.62. The molecular weight excluding hydrogens is 188 g/mol. The molecule has 0 fully saturated rings. The maximum absolute atomic E-state index is 10.5. The average molecular weight is 206 g/mol. The molecule has 0 aliphatic heterocycles. The maximum atomic E-state index is 10.5. The highest BCUT2D eigenvalue weighted by Gasteiger charge is 2.12. The Morgan fingerprint density at radius 2 is 2.20 bits per heavy atom. The van der Waals surface area contributed by atoms with E-state index in [1.54, 1.807) is 7.11 Å².